The van der Waals surface area contributed by atoms with E-state index in [1.165, 1.54) is 6.92 Å². The summed E-state index contributed by atoms with van der Waals surface area (Å²) in [6, 6.07) is 14.2. The summed E-state index contributed by atoms with van der Waals surface area (Å²) in [5.74, 6) is 1.92. The lowest BCUT2D eigenvalue weighted by atomic mass is 9.95. The number of anilines is 1. The molecule has 0 fully saturated rings. The quantitative estimate of drug-likeness (QED) is 0.266. The Hall–Kier alpha value is -4.73. The van der Waals surface area contributed by atoms with Crippen molar-refractivity contribution in [3.05, 3.63) is 75.4 Å². The zero-order chi connectivity index (χ0) is 30.9. The molecule has 1 atom stereocenters. The Labute approximate surface area is 251 Å². The smallest absolute Gasteiger partial charge is 0.220 e. The number of rotatable bonds is 12. The molecule has 3 N–H and O–H groups in total. The SMILES string of the molecule is COc1ccccc1CNC(=O)CCCNc1ccc2c(cc1=O)[C@@H](NC(C)=O)CCc1cc(OC)c(OC)c(OC)c1-2. The highest BCUT2D eigenvalue weighted by Crippen LogP contribution is 2.50. The van der Waals surface area contributed by atoms with Crippen molar-refractivity contribution >= 4 is 17.5 Å². The van der Waals surface area contributed by atoms with Crippen LogP contribution < -0.4 is 40.3 Å². The molecule has 0 heterocycles. The molecule has 0 radical (unpaired) electrons. The number of fused-ring (bicyclic) bond motifs is 3. The lowest BCUT2D eigenvalue weighted by Crippen LogP contribution is -2.26. The van der Waals surface area contributed by atoms with Crippen LogP contribution in [0.15, 0.2) is 53.3 Å². The molecule has 0 unspecified atom stereocenters. The van der Waals surface area contributed by atoms with Gasteiger partial charge < -0.3 is 34.9 Å². The standard InChI is InChI=1S/C33H39N3O7/c1-20(37)36-25-14-12-21-17-29(41-3)32(42-4)33(43-5)31(21)23-13-15-26(27(38)18-24(23)25)34-16-8-11-30(39)35-19-22-9-6-7-10-28(22)40-2/h6-7,9-10,13,15,17-18,25H,8,11-12,14,16,19H2,1-5H3,(H,34,38)(H,35,39)(H,36,37)/t25-/m0/s1. The Kier molecular flexibility index (Phi) is 10.5. The van der Waals surface area contributed by atoms with Crippen molar-refractivity contribution in [3.63, 3.8) is 0 Å². The van der Waals surface area contributed by atoms with E-state index in [1.54, 1.807) is 40.6 Å². The van der Waals surface area contributed by atoms with Crippen molar-refractivity contribution in [1.82, 2.24) is 10.6 Å². The van der Waals surface area contributed by atoms with Crippen LogP contribution >= 0.6 is 0 Å². The van der Waals surface area contributed by atoms with Crippen molar-refractivity contribution in [2.24, 2.45) is 0 Å². The van der Waals surface area contributed by atoms with E-state index >= 15 is 0 Å². The minimum atomic E-state index is -0.388. The van der Waals surface area contributed by atoms with Gasteiger partial charge in [0.25, 0.3) is 0 Å². The number of aryl methyl sites for hydroxylation is 1. The van der Waals surface area contributed by atoms with Gasteiger partial charge in [0.05, 0.1) is 40.2 Å². The molecule has 0 saturated heterocycles. The molecule has 0 spiro atoms. The fourth-order valence-electron chi connectivity index (χ4n) is 5.46. The zero-order valence-corrected chi connectivity index (χ0v) is 25.3. The van der Waals surface area contributed by atoms with E-state index in [2.05, 4.69) is 16.0 Å². The fraction of sp³-hybridized carbons (Fsp3) is 0.364. The molecule has 10 nitrogen and oxygen atoms in total. The number of carbonyl (C=O) groups is 2. The number of hydrogen-bond donors (Lipinski definition) is 3. The van der Waals surface area contributed by atoms with Crippen LogP contribution in [0.4, 0.5) is 5.69 Å². The molecule has 2 amide bonds. The van der Waals surface area contributed by atoms with Gasteiger partial charge in [-0.05, 0) is 60.2 Å². The van der Waals surface area contributed by atoms with Crippen molar-refractivity contribution in [2.75, 3.05) is 40.3 Å². The first-order valence-corrected chi connectivity index (χ1v) is 14.2. The molecule has 3 aromatic carbocycles. The predicted octanol–water partition coefficient (Wildman–Crippen LogP) is 4.38. The second kappa shape index (κ2) is 14.4. The van der Waals surface area contributed by atoms with Gasteiger partial charge in [0.2, 0.25) is 23.0 Å². The third-order valence-corrected chi connectivity index (χ3v) is 7.48. The number of benzene rings is 2. The lowest BCUT2D eigenvalue weighted by molar-refractivity contribution is -0.121. The van der Waals surface area contributed by atoms with Crippen molar-refractivity contribution in [1.29, 1.82) is 0 Å². The summed E-state index contributed by atoms with van der Waals surface area (Å²) in [7, 11) is 6.28. The van der Waals surface area contributed by atoms with Gasteiger partial charge in [0, 0.05) is 37.6 Å². The third-order valence-electron chi connectivity index (χ3n) is 7.48. The predicted molar refractivity (Wildman–Crippen MR) is 165 cm³/mol. The molecule has 1 aliphatic carbocycles. The largest absolute Gasteiger partial charge is 0.496 e. The van der Waals surface area contributed by atoms with Gasteiger partial charge in [0.15, 0.2) is 11.5 Å². The number of carbonyl (C=O) groups excluding carboxylic acids is 2. The second-order valence-corrected chi connectivity index (χ2v) is 10.2. The Bertz CT molecular complexity index is 1540. The molecular formula is C33H39N3O7. The average Bonchev–Trinajstić information content (AvgIpc) is 3.25. The third kappa shape index (κ3) is 7.20. The summed E-state index contributed by atoms with van der Waals surface area (Å²) < 4.78 is 22.4. The van der Waals surface area contributed by atoms with Crippen LogP contribution in [0.5, 0.6) is 23.0 Å². The van der Waals surface area contributed by atoms with Gasteiger partial charge in [0.1, 0.15) is 5.75 Å². The Morgan fingerprint density at radius 2 is 1.65 bits per heavy atom. The highest BCUT2D eigenvalue weighted by atomic mass is 16.5. The normalized spacial score (nSPS) is 13.5. The maximum absolute atomic E-state index is 13.4. The number of ether oxygens (including phenoxy) is 4. The fourth-order valence-corrected chi connectivity index (χ4v) is 5.46. The van der Waals surface area contributed by atoms with E-state index in [4.69, 9.17) is 18.9 Å². The molecule has 43 heavy (non-hydrogen) atoms. The second-order valence-electron chi connectivity index (χ2n) is 10.2. The molecular weight excluding hydrogens is 550 g/mol. The van der Waals surface area contributed by atoms with Crippen molar-refractivity contribution < 1.29 is 28.5 Å². The van der Waals surface area contributed by atoms with Gasteiger partial charge in [-0.3, -0.25) is 14.4 Å². The van der Waals surface area contributed by atoms with Crippen LogP contribution in [-0.2, 0) is 22.6 Å². The van der Waals surface area contributed by atoms with E-state index in [9.17, 15) is 14.4 Å². The van der Waals surface area contributed by atoms with Crippen LogP contribution in [0, 0.1) is 0 Å². The zero-order valence-electron chi connectivity index (χ0n) is 25.3. The summed E-state index contributed by atoms with van der Waals surface area (Å²) in [4.78, 5) is 38.0. The minimum Gasteiger partial charge on any atom is -0.496 e. The van der Waals surface area contributed by atoms with Crippen LogP contribution in [0.2, 0.25) is 0 Å². The number of nitrogens with one attached hydrogen (secondary N) is 3. The van der Waals surface area contributed by atoms with E-state index < -0.39 is 0 Å². The Balaban J connectivity index is 1.57. The molecule has 228 valence electrons. The van der Waals surface area contributed by atoms with E-state index in [0.717, 1.165) is 28.0 Å². The minimum absolute atomic E-state index is 0.0911. The molecule has 0 saturated carbocycles. The summed E-state index contributed by atoms with van der Waals surface area (Å²) in [6.45, 7) is 2.26. The molecule has 1 aliphatic rings. The molecule has 0 aromatic heterocycles. The summed E-state index contributed by atoms with van der Waals surface area (Å²) in [5, 5.41) is 9.12. The topological polar surface area (TPSA) is 124 Å². The number of hydrogen-bond acceptors (Lipinski definition) is 8. The molecule has 0 bridgehead atoms. The van der Waals surface area contributed by atoms with Crippen LogP contribution in [0.3, 0.4) is 0 Å². The first-order valence-electron chi connectivity index (χ1n) is 14.2. The first-order chi connectivity index (χ1) is 20.8. The van der Waals surface area contributed by atoms with Gasteiger partial charge >= 0.3 is 0 Å². The number of para-hydroxylation sites is 1. The van der Waals surface area contributed by atoms with Gasteiger partial charge in [-0.25, -0.2) is 0 Å². The maximum Gasteiger partial charge on any atom is 0.220 e. The van der Waals surface area contributed by atoms with Gasteiger partial charge in [-0.15, -0.1) is 0 Å². The maximum atomic E-state index is 13.4. The van der Waals surface area contributed by atoms with Crippen LogP contribution in [0.1, 0.15) is 48.9 Å². The van der Waals surface area contributed by atoms with Crippen LogP contribution in [-0.4, -0.2) is 46.8 Å². The Morgan fingerprint density at radius 3 is 2.35 bits per heavy atom. The molecule has 3 aromatic rings. The molecule has 10 heteroatoms. The van der Waals surface area contributed by atoms with Crippen molar-refractivity contribution in [2.45, 2.75) is 45.2 Å². The first kappa shape index (κ1) is 31.2. The summed E-state index contributed by atoms with van der Waals surface area (Å²) in [6.07, 6.45) is 2.02. The summed E-state index contributed by atoms with van der Waals surface area (Å²) >= 11 is 0. The van der Waals surface area contributed by atoms with E-state index in [-0.39, 0.29) is 23.3 Å². The Morgan fingerprint density at radius 1 is 0.907 bits per heavy atom. The average molecular weight is 590 g/mol. The monoisotopic (exact) mass is 589 g/mol. The molecule has 4 rings (SSSR count). The molecule has 0 aliphatic heterocycles. The van der Waals surface area contributed by atoms with Crippen LogP contribution in [0.25, 0.3) is 11.1 Å². The highest BCUT2D eigenvalue weighted by Gasteiger charge is 2.29. The number of amides is 2. The van der Waals surface area contributed by atoms with Gasteiger partial charge in [-0.1, -0.05) is 24.3 Å². The van der Waals surface area contributed by atoms with E-state index in [1.807, 2.05) is 36.4 Å². The van der Waals surface area contributed by atoms with E-state index in [0.29, 0.717) is 67.3 Å². The lowest BCUT2D eigenvalue weighted by Gasteiger charge is -2.19. The summed E-state index contributed by atoms with van der Waals surface area (Å²) in [5.41, 5.74) is 4.26. The van der Waals surface area contributed by atoms with Gasteiger partial charge in [-0.2, -0.15) is 0 Å². The number of methoxy groups -OCH3 is 4. The van der Waals surface area contributed by atoms with Crippen molar-refractivity contribution in [3.8, 4) is 34.1 Å². The highest BCUT2D eigenvalue weighted by molar-refractivity contribution is 5.84.